The number of thioether (sulfide) groups is 1. The Bertz CT molecular complexity index is 947. The number of hydrogen-bond acceptors (Lipinski definition) is 5. The number of aromatic nitrogens is 1. The summed E-state index contributed by atoms with van der Waals surface area (Å²) in [5.41, 5.74) is 1.24. The number of hydrogen-bond donors (Lipinski definition) is 1. The van der Waals surface area contributed by atoms with Gasteiger partial charge in [0.2, 0.25) is 0 Å². The minimum Gasteiger partial charge on any atom is -0.481 e. The standard InChI is InChI=1S/C20H22F3NO4S/c1-5-18(13(4)20(21,22)23)29-12(3)6-7-15-14-8-11(2)16(27-10-19(25)26)9-17(14)28-24-15/h8-9H,3,5-7,10H2,1-2,4H3,(H,25,26)/b18-13+. The average molecular weight is 429 g/mol. The summed E-state index contributed by atoms with van der Waals surface area (Å²) in [6, 6.07) is 3.37. The summed E-state index contributed by atoms with van der Waals surface area (Å²) in [5, 5.41) is 13.5. The molecule has 2 aromatic rings. The van der Waals surface area contributed by atoms with E-state index in [0.29, 0.717) is 34.8 Å². The van der Waals surface area contributed by atoms with Crippen LogP contribution in [0.1, 0.15) is 37.9 Å². The Morgan fingerprint density at radius 2 is 2.07 bits per heavy atom. The quantitative estimate of drug-likeness (QED) is 0.525. The smallest absolute Gasteiger partial charge is 0.413 e. The number of aryl methyl sites for hydroxylation is 2. The highest BCUT2D eigenvalue weighted by Crippen LogP contribution is 2.38. The van der Waals surface area contributed by atoms with Crippen LogP contribution in [0.3, 0.4) is 0 Å². The van der Waals surface area contributed by atoms with E-state index in [0.717, 1.165) is 29.6 Å². The van der Waals surface area contributed by atoms with Crippen molar-refractivity contribution in [3.05, 3.63) is 45.4 Å². The van der Waals surface area contributed by atoms with Crippen molar-refractivity contribution < 1.29 is 32.3 Å². The minimum absolute atomic E-state index is 0.253. The number of carboxylic acid groups (broad SMARTS) is 1. The third-order valence-corrected chi connectivity index (χ3v) is 5.60. The van der Waals surface area contributed by atoms with Gasteiger partial charge in [-0.3, -0.25) is 0 Å². The van der Waals surface area contributed by atoms with E-state index in [1.807, 2.05) is 0 Å². The van der Waals surface area contributed by atoms with Crippen molar-refractivity contribution in [1.29, 1.82) is 0 Å². The maximum Gasteiger partial charge on any atom is 0.413 e. The third-order valence-electron chi connectivity index (χ3n) is 4.27. The van der Waals surface area contributed by atoms with Gasteiger partial charge in [-0.05, 0) is 54.6 Å². The molecule has 1 heterocycles. The second-order valence-corrected chi connectivity index (χ2v) is 7.74. The molecular formula is C20H22F3NO4S. The lowest BCUT2D eigenvalue weighted by molar-refractivity contribution is -0.139. The summed E-state index contributed by atoms with van der Waals surface area (Å²) >= 11 is 1.05. The number of carbonyl (C=O) groups is 1. The molecule has 0 aliphatic rings. The number of ether oxygens (including phenoxy) is 1. The minimum atomic E-state index is -4.35. The lowest BCUT2D eigenvalue weighted by atomic mass is 10.1. The van der Waals surface area contributed by atoms with Crippen LogP contribution < -0.4 is 4.74 Å². The predicted molar refractivity (Wildman–Crippen MR) is 106 cm³/mol. The molecule has 158 valence electrons. The molecule has 9 heteroatoms. The van der Waals surface area contributed by atoms with Crippen molar-refractivity contribution in [3.63, 3.8) is 0 Å². The van der Waals surface area contributed by atoms with Crippen molar-refractivity contribution in [2.45, 2.75) is 46.2 Å². The second-order valence-electron chi connectivity index (χ2n) is 6.47. The summed E-state index contributed by atoms with van der Waals surface area (Å²) in [4.78, 5) is 11.5. The zero-order valence-corrected chi connectivity index (χ0v) is 17.2. The van der Waals surface area contributed by atoms with E-state index in [4.69, 9.17) is 14.4 Å². The van der Waals surface area contributed by atoms with Crippen molar-refractivity contribution in [2.24, 2.45) is 0 Å². The summed E-state index contributed by atoms with van der Waals surface area (Å²) in [7, 11) is 0. The molecule has 0 saturated heterocycles. The van der Waals surface area contributed by atoms with Gasteiger partial charge in [0.25, 0.3) is 0 Å². The molecule has 1 aromatic carbocycles. The third kappa shape index (κ3) is 6.03. The van der Waals surface area contributed by atoms with Crippen molar-refractivity contribution in [3.8, 4) is 5.75 Å². The Kier molecular flexibility index (Phi) is 7.40. The van der Waals surface area contributed by atoms with E-state index in [-0.39, 0.29) is 11.3 Å². The Morgan fingerprint density at radius 3 is 2.66 bits per heavy atom. The van der Waals surface area contributed by atoms with Gasteiger partial charge < -0.3 is 14.4 Å². The van der Waals surface area contributed by atoms with E-state index in [2.05, 4.69) is 11.7 Å². The fraction of sp³-hybridized carbons (Fsp3) is 0.400. The van der Waals surface area contributed by atoms with Gasteiger partial charge in [-0.2, -0.15) is 13.2 Å². The lowest BCUT2D eigenvalue weighted by Gasteiger charge is -2.14. The van der Waals surface area contributed by atoms with Gasteiger partial charge in [0.15, 0.2) is 12.2 Å². The van der Waals surface area contributed by atoms with Gasteiger partial charge in [-0.15, -0.1) is 0 Å². The predicted octanol–water partition coefficient (Wildman–Crippen LogP) is 6.03. The largest absolute Gasteiger partial charge is 0.481 e. The van der Waals surface area contributed by atoms with Crippen molar-refractivity contribution in [2.75, 3.05) is 6.61 Å². The zero-order chi connectivity index (χ0) is 21.8. The van der Waals surface area contributed by atoms with E-state index in [1.54, 1.807) is 26.0 Å². The maximum atomic E-state index is 12.9. The average Bonchev–Trinajstić information content (AvgIpc) is 3.02. The number of benzene rings is 1. The highest BCUT2D eigenvalue weighted by Gasteiger charge is 2.32. The van der Waals surface area contributed by atoms with Crippen LogP contribution in [0.25, 0.3) is 11.0 Å². The number of alkyl halides is 3. The van der Waals surface area contributed by atoms with E-state index in [1.165, 1.54) is 0 Å². The molecule has 0 amide bonds. The first-order valence-electron chi connectivity index (χ1n) is 8.89. The fourth-order valence-corrected chi connectivity index (χ4v) is 3.62. The van der Waals surface area contributed by atoms with Crippen LogP contribution in [0.4, 0.5) is 13.2 Å². The first-order valence-corrected chi connectivity index (χ1v) is 9.70. The van der Waals surface area contributed by atoms with Crippen LogP contribution in [-0.4, -0.2) is 29.0 Å². The number of rotatable bonds is 9. The number of allylic oxidation sites excluding steroid dienone is 3. The topological polar surface area (TPSA) is 72.6 Å². The molecule has 0 unspecified atom stereocenters. The number of halogens is 3. The summed E-state index contributed by atoms with van der Waals surface area (Å²) < 4.78 is 49.3. The number of nitrogens with zero attached hydrogens (tertiary/aromatic N) is 1. The number of aliphatic carboxylic acids is 1. The highest BCUT2D eigenvalue weighted by molar-refractivity contribution is 8.06. The Balaban J connectivity index is 2.10. The molecular weight excluding hydrogens is 407 g/mol. The highest BCUT2D eigenvalue weighted by atomic mass is 32.2. The van der Waals surface area contributed by atoms with Crippen LogP contribution in [0.2, 0.25) is 0 Å². The molecule has 0 atom stereocenters. The van der Waals surface area contributed by atoms with Crippen molar-refractivity contribution in [1.82, 2.24) is 5.16 Å². The van der Waals surface area contributed by atoms with E-state index in [9.17, 15) is 18.0 Å². The van der Waals surface area contributed by atoms with Gasteiger partial charge >= 0.3 is 12.1 Å². The normalized spacial score (nSPS) is 12.8. The second kappa shape index (κ2) is 9.39. The monoisotopic (exact) mass is 429 g/mol. The van der Waals surface area contributed by atoms with Crippen LogP contribution in [-0.2, 0) is 11.2 Å². The molecule has 0 spiro atoms. The molecule has 2 rings (SSSR count). The van der Waals surface area contributed by atoms with Crippen LogP contribution in [0.15, 0.2) is 38.6 Å². The molecule has 0 radical (unpaired) electrons. The lowest BCUT2D eigenvalue weighted by Crippen LogP contribution is -2.10. The fourth-order valence-electron chi connectivity index (χ4n) is 2.65. The van der Waals surface area contributed by atoms with Crippen LogP contribution in [0.5, 0.6) is 5.75 Å². The van der Waals surface area contributed by atoms with E-state index < -0.39 is 24.3 Å². The number of carboxylic acids is 1. The molecule has 1 N–H and O–H groups in total. The van der Waals surface area contributed by atoms with Crippen LogP contribution in [0, 0.1) is 6.92 Å². The Hall–Kier alpha value is -2.42. The van der Waals surface area contributed by atoms with Crippen molar-refractivity contribution >= 4 is 28.7 Å². The Morgan fingerprint density at radius 1 is 1.38 bits per heavy atom. The molecule has 5 nitrogen and oxygen atoms in total. The maximum absolute atomic E-state index is 12.9. The molecule has 0 bridgehead atoms. The Labute approximate surface area is 170 Å². The van der Waals surface area contributed by atoms with Gasteiger partial charge in [-0.25, -0.2) is 4.79 Å². The molecule has 0 aliphatic heterocycles. The summed E-state index contributed by atoms with van der Waals surface area (Å²) in [6.45, 7) is 7.97. The summed E-state index contributed by atoms with van der Waals surface area (Å²) in [6.07, 6.45) is -3.17. The first-order chi connectivity index (χ1) is 13.5. The van der Waals surface area contributed by atoms with Gasteiger partial charge in [0, 0.05) is 17.0 Å². The molecule has 29 heavy (non-hydrogen) atoms. The molecule has 0 saturated carbocycles. The molecule has 0 aliphatic carbocycles. The van der Waals surface area contributed by atoms with Gasteiger partial charge in [0.05, 0.1) is 5.69 Å². The van der Waals surface area contributed by atoms with E-state index >= 15 is 0 Å². The van der Waals surface area contributed by atoms with Gasteiger partial charge in [0.1, 0.15) is 5.75 Å². The summed E-state index contributed by atoms with van der Waals surface area (Å²) in [5.74, 6) is -0.692. The molecule has 0 fully saturated rings. The SMILES string of the molecule is C=C(CCc1noc2cc(OCC(=O)O)c(C)cc12)S/C(CC)=C(\C)C(F)(F)F. The first kappa shape index (κ1) is 22.9. The number of fused-ring (bicyclic) bond motifs is 1. The van der Waals surface area contributed by atoms with Gasteiger partial charge in [-0.1, -0.05) is 30.4 Å². The molecule has 1 aromatic heterocycles. The van der Waals surface area contributed by atoms with Crippen LogP contribution >= 0.6 is 11.8 Å². The zero-order valence-electron chi connectivity index (χ0n) is 16.4.